The second kappa shape index (κ2) is 4.66. The fraction of sp³-hybridized carbons (Fsp3) is 0.167. The van der Waals surface area contributed by atoms with Crippen LogP contribution in [0.5, 0.6) is 0 Å². The van der Waals surface area contributed by atoms with Crippen molar-refractivity contribution in [3.8, 4) is 0 Å². The summed E-state index contributed by atoms with van der Waals surface area (Å²) in [4.78, 5) is 3.15. The van der Waals surface area contributed by atoms with E-state index < -0.39 is 0 Å². The molecule has 0 aliphatic rings. The molecule has 3 nitrogen and oxygen atoms in total. The van der Waals surface area contributed by atoms with Gasteiger partial charge in [-0.25, -0.2) is 0 Å². The van der Waals surface area contributed by atoms with Crippen LogP contribution in [-0.2, 0) is 13.1 Å². The molecule has 0 saturated carbocycles. The number of aromatic amines is 1. The maximum absolute atomic E-state index is 5.61. The summed E-state index contributed by atoms with van der Waals surface area (Å²) in [5, 5.41) is 3.35. The zero-order valence-corrected chi connectivity index (χ0v) is 8.53. The minimum absolute atomic E-state index is 0.808. The van der Waals surface area contributed by atoms with Gasteiger partial charge in [-0.1, -0.05) is 12.1 Å². The van der Waals surface area contributed by atoms with Crippen molar-refractivity contribution in [2.24, 2.45) is 0 Å². The molecule has 0 bridgehead atoms. The minimum Gasteiger partial charge on any atom is -0.399 e. The second-order valence-corrected chi connectivity index (χ2v) is 3.54. The first-order valence-corrected chi connectivity index (χ1v) is 5.02. The number of aromatic nitrogens is 1. The van der Waals surface area contributed by atoms with Crippen molar-refractivity contribution >= 4 is 5.69 Å². The van der Waals surface area contributed by atoms with E-state index in [2.05, 4.69) is 16.4 Å². The first-order chi connectivity index (χ1) is 7.34. The molecule has 0 aliphatic heterocycles. The monoisotopic (exact) mass is 201 g/mol. The van der Waals surface area contributed by atoms with Crippen molar-refractivity contribution < 1.29 is 0 Å². The summed E-state index contributed by atoms with van der Waals surface area (Å²) in [6.45, 7) is 1.72. The zero-order valence-electron chi connectivity index (χ0n) is 8.53. The summed E-state index contributed by atoms with van der Waals surface area (Å²) in [7, 11) is 0. The van der Waals surface area contributed by atoms with Crippen molar-refractivity contribution in [3.63, 3.8) is 0 Å². The molecule has 0 unspecified atom stereocenters. The molecule has 2 aromatic rings. The van der Waals surface area contributed by atoms with E-state index in [0.29, 0.717) is 0 Å². The molecule has 1 heterocycles. The van der Waals surface area contributed by atoms with Crippen LogP contribution >= 0.6 is 0 Å². The molecular weight excluding hydrogens is 186 g/mol. The molecule has 0 saturated heterocycles. The Bertz CT molecular complexity index is 389. The number of rotatable bonds is 4. The van der Waals surface area contributed by atoms with Crippen molar-refractivity contribution in [1.82, 2.24) is 10.3 Å². The molecule has 3 heteroatoms. The zero-order chi connectivity index (χ0) is 10.5. The molecule has 1 aromatic carbocycles. The quantitative estimate of drug-likeness (QED) is 0.662. The highest BCUT2D eigenvalue weighted by Gasteiger charge is 1.94. The van der Waals surface area contributed by atoms with Gasteiger partial charge in [0, 0.05) is 30.7 Å². The Kier molecular flexibility index (Phi) is 3.05. The molecule has 0 amide bonds. The first-order valence-electron chi connectivity index (χ1n) is 5.02. The van der Waals surface area contributed by atoms with E-state index in [-0.39, 0.29) is 0 Å². The second-order valence-electron chi connectivity index (χ2n) is 3.54. The lowest BCUT2D eigenvalue weighted by Crippen LogP contribution is -2.12. The maximum Gasteiger partial charge on any atom is 0.0360 e. The van der Waals surface area contributed by atoms with E-state index in [9.17, 15) is 0 Å². The van der Waals surface area contributed by atoms with Crippen LogP contribution in [0.3, 0.4) is 0 Å². The van der Waals surface area contributed by atoms with Crippen LogP contribution in [0.4, 0.5) is 5.69 Å². The number of anilines is 1. The van der Waals surface area contributed by atoms with E-state index in [1.54, 1.807) is 0 Å². The molecule has 78 valence electrons. The van der Waals surface area contributed by atoms with Gasteiger partial charge in [0.1, 0.15) is 0 Å². The standard InChI is InChI=1S/C12H15N3/c13-11-5-3-10(4-6-11)8-14-9-12-2-1-7-15-12/h1-7,14-15H,8-9,13H2. The number of H-pyrrole nitrogens is 1. The van der Waals surface area contributed by atoms with Gasteiger partial charge in [0.2, 0.25) is 0 Å². The number of hydrogen-bond acceptors (Lipinski definition) is 2. The molecule has 0 aliphatic carbocycles. The largest absolute Gasteiger partial charge is 0.399 e. The highest BCUT2D eigenvalue weighted by molar-refractivity contribution is 5.39. The number of benzene rings is 1. The van der Waals surface area contributed by atoms with Crippen LogP contribution < -0.4 is 11.1 Å². The van der Waals surface area contributed by atoms with Gasteiger partial charge in [-0.15, -0.1) is 0 Å². The molecule has 2 rings (SSSR count). The lowest BCUT2D eigenvalue weighted by molar-refractivity contribution is 0.683. The van der Waals surface area contributed by atoms with Gasteiger partial charge in [0.25, 0.3) is 0 Å². The molecular formula is C12H15N3. The Morgan fingerprint density at radius 3 is 2.53 bits per heavy atom. The van der Waals surface area contributed by atoms with Gasteiger partial charge in [-0.2, -0.15) is 0 Å². The van der Waals surface area contributed by atoms with Crippen LogP contribution in [0.15, 0.2) is 42.6 Å². The average molecular weight is 201 g/mol. The Morgan fingerprint density at radius 2 is 1.87 bits per heavy atom. The summed E-state index contributed by atoms with van der Waals surface area (Å²) in [5.74, 6) is 0. The molecule has 1 aromatic heterocycles. The Hall–Kier alpha value is -1.74. The smallest absolute Gasteiger partial charge is 0.0360 e. The van der Waals surface area contributed by atoms with Crippen LogP contribution in [0.2, 0.25) is 0 Å². The lowest BCUT2D eigenvalue weighted by atomic mass is 10.2. The maximum atomic E-state index is 5.61. The normalized spacial score (nSPS) is 10.4. The molecule has 0 atom stereocenters. The van der Waals surface area contributed by atoms with E-state index >= 15 is 0 Å². The highest BCUT2D eigenvalue weighted by Crippen LogP contribution is 2.05. The van der Waals surface area contributed by atoms with Crippen molar-refractivity contribution in [2.45, 2.75) is 13.1 Å². The average Bonchev–Trinajstić information content (AvgIpc) is 2.74. The minimum atomic E-state index is 0.808. The Balaban J connectivity index is 1.81. The van der Waals surface area contributed by atoms with Crippen molar-refractivity contribution in [1.29, 1.82) is 0 Å². The lowest BCUT2D eigenvalue weighted by Gasteiger charge is -2.03. The van der Waals surface area contributed by atoms with Gasteiger partial charge in [-0.05, 0) is 29.8 Å². The fourth-order valence-corrected chi connectivity index (χ4v) is 1.45. The van der Waals surface area contributed by atoms with Gasteiger partial charge < -0.3 is 16.0 Å². The molecule has 0 spiro atoms. The third kappa shape index (κ3) is 2.86. The van der Waals surface area contributed by atoms with Crippen molar-refractivity contribution in [2.75, 3.05) is 5.73 Å². The Morgan fingerprint density at radius 1 is 1.07 bits per heavy atom. The predicted molar refractivity (Wildman–Crippen MR) is 62.2 cm³/mol. The summed E-state index contributed by atoms with van der Waals surface area (Å²) in [6.07, 6.45) is 1.93. The van der Waals surface area contributed by atoms with E-state index in [4.69, 9.17) is 5.73 Å². The predicted octanol–water partition coefficient (Wildman–Crippen LogP) is 1.89. The van der Waals surface area contributed by atoms with Crippen LogP contribution in [-0.4, -0.2) is 4.98 Å². The Labute approximate surface area is 89.3 Å². The van der Waals surface area contributed by atoms with Gasteiger partial charge in [0.15, 0.2) is 0 Å². The van der Waals surface area contributed by atoms with E-state index in [1.165, 1.54) is 11.3 Å². The number of nitrogens with one attached hydrogen (secondary N) is 2. The number of nitrogen functional groups attached to an aromatic ring is 1. The third-order valence-corrected chi connectivity index (χ3v) is 2.29. The van der Waals surface area contributed by atoms with Gasteiger partial charge in [0.05, 0.1) is 0 Å². The van der Waals surface area contributed by atoms with E-state index in [1.807, 2.05) is 36.5 Å². The van der Waals surface area contributed by atoms with Crippen LogP contribution in [0.25, 0.3) is 0 Å². The molecule has 4 N–H and O–H groups in total. The summed E-state index contributed by atoms with van der Waals surface area (Å²) in [6, 6.07) is 12.0. The van der Waals surface area contributed by atoms with E-state index in [0.717, 1.165) is 18.8 Å². The van der Waals surface area contributed by atoms with Gasteiger partial charge >= 0.3 is 0 Å². The van der Waals surface area contributed by atoms with Gasteiger partial charge in [-0.3, -0.25) is 0 Å². The fourth-order valence-electron chi connectivity index (χ4n) is 1.45. The summed E-state index contributed by atoms with van der Waals surface area (Å²) >= 11 is 0. The SMILES string of the molecule is Nc1ccc(CNCc2ccc[nH]2)cc1. The number of nitrogens with two attached hydrogens (primary N) is 1. The summed E-state index contributed by atoms with van der Waals surface area (Å²) < 4.78 is 0. The molecule has 0 radical (unpaired) electrons. The summed E-state index contributed by atoms with van der Waals surface area (Å²) in [5.41, 5.74) is 8.86. The van der Waals surface area contributed by atoms with Crippen LogP contribution in [0, 0.1) is 0 Å². The highest BCUT2D eigenvalue weighted by atomic mass is 14.9. The molecule has 0 fully saturated rings. The molecule has 15 heavy (non-hydrogen) atoms. The number of hydrogen-bond donors (Lipinski definition) is 3. The third-order valence-electron chi connectivity index (χ3n) is 2.29. The topological polar surface area (TPSA) is 53.8 Å². The van der Waals surface area contributed by atoms with Crippen LogP contribution in [0.1, 0.15) is 11.3 Å². The van der Waals surface area contributed by atoms with Crippen molar-refractivity contribution in [3.05, 3.63) is 53.9 Å². The first kappa shape index (κ1) is 9.80.